The zero-order valence-electron chi connectivity index (χ0n) is 15.0. The smallest absolute Gasteiger partial charge is 0.191 e. The van der Waals surface area contributed by atoms with Gasteiger partial charge in [-0.2, -0.15) is 0 Å². The van der Waals surface area contributed by atoms with Gasteiger partial charge in [0.2, 0.25) is 0 Å². The van der Waals surface area contributed by atoms with Crippen molar-refractivity contribution in [1.29, 1.82) is 0 Å². The summed E-state index contributed by atoms with van der Waals surface area (Å²) < 4.78 is 40.9. The van der Waals surface area contributed by atoms with Crippen molar-refractivity contribution < 1.29 is 17.5 Å². The minimum absolute atomic E-state index is 0. The molecule has 0 saturated heterocycles. The molecule has 0 fully saturated rings. The molecule has 2 atom stereocenters. The topological polar surface area (TPSA) is 79.8 Å². The number of guanidine groups is 1. The Balaban J connectivity index is 0.00000576. The summed E-state index contributed by atoms with van der Waals surface area (Å²) in [4.78, 5) is 4.10. The number of nitrogens with one attached hydrogen (secondary N) is 2. The van der Waals surface area contributed by atoms with Gasteiger partial charge in [-0.1, -0.05) is 0 Å². The fourth-order valence-corrected chi connectivity index (χ4v) is 2.70. The van der Waals surface area contributed by atoms with Gasteiger partial charge in [-0.3, -0.25) is 4.99 Å². The van der Waals surface area contributed by atoms with Gasteiger partial charge in [0, 0.05) is 19.3 Å². The second-order valence-corrected chi connectivity index (χ2v) is 8.06. The summed E-state index contributed by atoms with van der Waals surface area (Å²) in [5.41, 5.74) is 0. The molecule has 1 aromatic rings. The van der Waals surface area contributed by atoms with Crippen LogP contribution in [-0.2, 0) is 9.84 Å². The van der Waals surface area contributed by atoms with Crippen molar-refractivity contribution in [3.63, 3.8) is 0 Å². The summed E-state index contributed by atoms with van der Waals surface area (Å²) in [6.07, 6.45) is 1.57. The Morgan fingerprint density at radius 1 is 1.28 bits per heavy atom. The standard InChI is InChI=1S/C16H26FN3O3S.HI/c1-12(9-10-24(4,21)22)20-16(18-3)19-11-13(2)23-15-7-5-14(17)6-8-15;/h5-8,12-13H,9-11H2,1-4H3,(H2,18,19,20);1H. The Kier molecular flexibility index (Phi) is 11.0. The lowest BCUT2D eigenvalue weighted by atomic mass is 10.3. The first kappa shape index (κ1) is 23.9. The number of hydrogen-bond acceptors (Lipinski definition) is 4. The highest BCUT2D eigenvalue weighted by Crippen LogP contribution is 2.12. The third kappa shape index (κ3) is 11.2. The number of sulfone groups is 1. The molecule has 0 aromatic heterocycles. The molecule has 0 heterocycles. The molecule has 25 heavy (non-hydrogen) atoms. The van der Waals surface area contributed by atoms with Crippen LogP contribution in [0.4, 0.5) is 4.39 Å². The summed E-state index contributed by atoms with van der Waals surface area (Å²) >= 11 is 0. The third-order valence-corrected chi connectivity index (χ3v) is 4.21. The lowest BCUT2D eigenvalue weighted by Crippen LogP contribution is -2.45. The summed E-state index contributed by atoms with van der Waals surface area (Å²) in [6, 6.07) is 5.82. The van der Waals surface area contributed by atoms with E-state index >= 15 is 0 Å². The number of halogens is 2. The number of hydrogen-bond donors (Lipinski definition) is 2. The highest BCUT2D eigenvalue weighted by atomic mass is 127. The molecule has 0 radical (unpaired) electrons. The van der Waals surface area contributed by atoms with Crippen molar-refractivity contribution in [2.75, 3.05) is 25.6 Å². The van der Waals surface area contributed by atoms with E-state index < -0.39 is 9.84 Å². The second kappa shape index (κ2) is 11.5. The van der Waals surface area contributed by atoms with Gasteiger partial charge in [-0.05, 0) is 44.5 Å². The van der Waals surface area contributed by atoms with Crippen molar-refractivity contribution in [2.45, 2.75) is 32.4 Å². The number of nitrogens with zero attached hydrogens (tertiary/aromatic N) is 1. The van der Waals surface area contributed by atoms with Crippen LogP contribution in [-0.4, -0.2) is 52.1 Å². The monoisotopic (exact) mass is 487 g/mol. The summed E-state index contributed by atoms with van der Waals surface area (Å²) in [5, 5.41) is 6.25. The number of ether oxygens (including phenoxy) is 1. The van der Waals surface area contributed by atoms with E-state index in [0.717, 1.165) is 0 Å². The van der Waals surface area contributed by atoms with Crippen LogP contribution in [0.15, 0.2) is 29.3 Å². The van der Waals surface area contributed by atoms with Crippen molar-refractivity contribution in [3.05, 3.63) is 30.1 Å². The van der Waals surface area contributed by atoms with Gasteiger partial charge < -0.3 is 15.4 Å². The van der Waals surface area contributed by atoms with Crippen LogP contribution in [0.5, 0.6) is 5.75 Å². The molecular weight excluding hydrogens is 460 g/mol. The van der Waals surface area contributed by atoms with E-state index in [4.69, 9.17) is 4.74 Å². The van der Waals surface area contributed by atoms with Crippen molar-refractivity contribution >= 4 is 39.8 Å². The van der Waals surface area contributed by atoms with Crippen LogP contribution in [0.1, 0.15) is 20.3 Å². The fourth-order valence-electron chi connectivity index (χ4n) is 1.92. The summed E-state index contributed by atoms with van der Waals surface area (Å²) in [6.45, 7) is 4.28. The second-order valence-electron chi connectivity index (χ2n) is 5.80. The highest BCUT2D eigenvalue weighted by molar-refractivity contribution is 14.0. The quantitative estimate of drug-likeness (QED) is 0.334. The normalized spacial score (nSPS) is 14.2. The highest BCUT2D eigenvalue weighted by Gasteiger charge is 2.11. The molecule has 0 amide bonds. The largest absolute Gasteiger partial charge is 0.489 e. The summed E-state index contributed by atoms with van der Waals surface area (Å²) in [5.74, 6) is 0.990. The Bertz CT molecular complexity index is 639. The van der Waals surface area contributed by atoms with Crippen LogP contribution in [0.3, 0.4) is 0 Å². The molecule has 0 bridgehead atoms. The molecule has 2 unspecified atom stereocenters. The molecule has 0 spiro atoms. The lowest BCUT2D eigenvalue weighted by molar-refractivity contribution is 0.223. The fraction of sp³-hybridized carbons (Fsp3) is 0.562. The predicted octanol–water partition coefficient (Wildman–Crippen LogP) is 2.20. The maximum absolute atomic E-state index is 12.9. The van der Waals surface area contributed by atoms with Crippen molar-refractivity contribution in [3.8, 4) is 5.75 Å². The van der Waals surface area contributed by atoms with E-state index in [-0.39, 0.29) is 47.7 Å². The molecule has 9 heteroatoms. The third-order valence-electron chi connectivity index (χ3n) is 3.24. The SMILES string of the molecule is CN=C(NCC(C)Oc1ccc(F)cc1)NC(C)CCS(C)(=O)=O.I. The van der Waals surface area contributed by atoms with Crippen LogP contribution in [0, 0.1) is 5.82 Å². The van der Waals surface area contributed by atoms with E-state index in [1.54, 1.807) is 19.2 Å². The first-order valence-corrected chi connectivity index (χ1v) is 9.83. The maximum atomic E-state index is 12.9. The van der Waals surface area contributed by atoms with Crippen LogP contribution in [0.25, 0.3) is 0 Å². The predicted molar refractivity (Wildman–Crippen MR) is 110 cm³/mol. The zero-order valence-corrected chi connectivity index (χ0v) is 18.1. The van der Waals surface area contributed by atoms with Gasteiger partial charge in [0.25, 0.3) is 0 Å². The number of benzene rings is 1. The van der Waals surface area contributed by atoms with Gasteiger partial charge in [-0.25, -0.2) is 12.8 Å². The summed E-state index contributed by atoms with van der Waals surface area (Å²) in [7, 11) is -1.33. The van der Waals surface area contributed by atoms with Crippen molar-refractivity contribution in [2.24, 2.45) is 4.99 Å². The number of aliphatic imine (C=N–C) groups is 1. The van der Waals surface area contributed by atoms with E-state index in [1.807, 2.05) is 13.8 Å². The van der Waals surface area contributed by atoms with Gasteiger partial charge >= 0.3 is 0 Å². The molecule has 1 aromatic carbocycles. The lowest BCUT2D eigenvalue weighted by Gasteiger charge is -2.20. The first-order chi connectivity index (χ1) is 11.2. The molecule has 144 valence electrons. The first-order valence-electron chi connectivity index (χ1n) is 7.76. The molecular formula is C16H27FIN3O3S. The van der Waals surface area contributed by atoms with Crippen molar-refractivity contribution in [1.82, 2.24) is 10.6 Å². The molecule has 0 aliphatic heterocycles. The molecule has 0 saturated carbocycles. The molecule has 1 rings (SSSR count). The Morgan fingerprint density at radius 3 is 2.40 bits per heavy atom. The zero-order chi connectivity index (χ0) is 18.2. The average Bonchev–Trinajstić information content (AvgIpc) is 2.51. The minimum atomic E-state index is -2.97. The average molecular weight is 487 g/mol. The molecule has 0 aliphatic rings. The van der Waals surface area contributed by atoms with E-state index in [9.17, 15) is 12.8 Å². The van der Waals surface area contributed by atoms with Gasteiger partial charge in [0.1, 0.15) is 27.5 Å². The molecule has 2 N–H and O–H groups in total. The Labute approximate surface area is 166 Å². The van der Waals surface area contributed by atoms with E-state index in [0.29, 0.717) is 24.7 Å². The van der Waals surface area contributed by atoms with Gasteiger partial charge in [0.05, 0.1) is 12.3 Å². The maximum Gasteiger partial charge on any atom is 0.191 e. The minimum Gasteiger partial charge on any atom is -0.489 e. The van der Waals surface area contributed by atoms with Gasteiger partial charge in [-0.15, -0.1) is 24.0 Å². The molecule has 0 aliphatic carbocycles. The van der Waals surface area contributed by atoms with E-state index in [2.05, 4.69) is 15.6 Å². The number of rotatable bonds is 8. The Morgan fingerprint density at radius 2 is 1.88 bits per heavy atom. The van der Waals surface area contributed by atoms with Gasteiger partial charge in [0.15, 0.2) is 5.96 Å². The van der Waals surface area contributed by atoms with Crippen LogP contribution >= 0.6 is 24.0 Å². The van der Waals surface area contributed by atoms with E-state index in [1.165, 1.54) is 18.4 Å². The Hall–Kier alpha value is -1.10. The van der Waals surface area contributed by atoms with Crippen LogP contribution < -0.4 is 15.4 Å². The van der Waals surface area contributed by atoms with Crippen LogP contribution in [0.2, 0.25) is 0 Å². The molecule has 6 nitrogen and oxygen atoms in total.